The summed E-state index contributed by atoms with van der Waals surface area (Å²) in [6.45, 7) is 8.76. The molecule has 2 fully saturated rings. The maximum absolute atomic E-state index is 13.8. The maximum Gasteiger partial charge on any atom is 0.263 e. The van der Waals surface area contributed by atoms with Gasteiger partial charge in [-0.3, -0.25) is 14.2 Å². The van der Waals surface area contributed by atoms with Crippen molar-refractivity contribution in [2.75, 3.05) is 51.3 Å². The van der Waals surface area contributed by atoms with Crippen molar-refractivity contribution in [3.8, 4) is 5.75 Å². The standard InChI is InChI=1S/C27H35N5O5S2/c1-18-13-19(2)15-32(14-18)39(35,36)25-20(3)38-26-24(25)27(34)31(17-28-26)16-23(33)30-11-9-29(10-12-30)21-7-5-6-8-22(21)37-4/h5-8,17-19H,9-16H2,1-4H3/t18-,19-/m0/s1. The lowest BCUT2D eigenvalue weighted by Crippen LogP contribution is -2.50. The zero-order chi connectivity index (χ0) is 27.9. The fourth-order valence-corrected chi connectivity index (χ4v) is 9.15. The highest BCUT2D eigenvalue weighted by Crippen LogP contribution is 2.35. The van der Waals surface area contributed by atoms with Gasteiger partial charge >= 0.3 is 0 Å². The predicted octanol–water partition coefficient (Wildman–Crippen LogP) is 2.79. The van der Waals surface area contributed by atoms with Crippen molar-refractivity contribution < 1.29 is 17.9 Å². The molecule has 39 heavy (non-hydrogen) atoms. The highest BCUT2D eigenvalue weighted by molar-refractivity contribution is 7.89. The van der Waals surface area contributed by atoms with Crippen molar-refractivity contribution in [3.63, 3.8) is 0 Å². The largest absolute Gasteiger partial charge is 0.495 e. The van der Waals surface area contributed by atoms with Gasteiger partial charge in [0.15, 0.2) is 0 Å². The van der Waals surface area contributed by atoms with E-state index in [1.165, 1.54) is 26.5 Å². The number of aryl methyl sites for hydroxylation is 1. The number of methoxy groups -OCH3 is 1. The molecule has 0 radical (unpaired) electrons. The van der Waals surface area contributed by atoms with Crippen LogP contribution in [0.4, 0.5) is 5.69 Å². The van der Waals surface area contributed by atoms with Crippen LogP contribution in [0.15, 0.2) is 40.3 Å². The molecule has 0 saturated carbocycles. The molecule has 210 valence electrons. The summed E-state index contributed by atoms with van der Waals surface area (Å²) in [5.41, 5.74) is 0.485. The van der Waals surface area contributed by atoms with E-state index in [9.17, 15) is 18.0 Å². The highest BCUT2D eigenvalue weighted by atomic mass is 32.2. The number of thiophene rings is 1. The third-order valence-electron chi connectivity index (χ3n) is 7.60. The van der Waals surface area contributed by atoms with E-state index in [0.717, 1.165) is 17.9 Å². The Morgan fingerprint density at radius 3 is 2.44 bits per heavy atom. The number of carbonyl (C=O) groups excluding carboxylic acids is 1. The molecule has 5 rings (SSSR count). The summed E-state index contributed by atoms with van der Waals surface area (Å²) in [6, 6.07) is 7.79. The van der Waals surface area contributed by atoms with Gasteiger partial charge in [0, 0.05) is 44.1 Å². The third kappa shape index (κ3) is 5.29. The highest BCUT2D eigenvalue weighted by Gasteiger charge is 2.36. The molecule has 1 aromatic carbocycles. The van der Waals surface area contributed by atoms with Gasteiger partial charge < -0.3 is 14.5 Å². The van der Waals surface area contributed by atoms with E-state index >= 15 is 0 Å². The van der Waals surface area contributed by atoms with Crippen LogP contribution in [0, 0.1) is 18.8 Å². The van der Waals surface area contributed by atoms with E-state index in [2.05, 4.69) is 9.88 Å². The van der Waals surface area contributed by atoms with Crippen molar-refractivity contribution in [1.29, 1.82) is 0 Å². The number of rotatable bonds is 6. The van der Waals surface area contributed by atoms with Gasteiger partial charge in [0.2, 0.25) is 15.9 Å². The molecule has 2 aromatic heterocycles. The van der Waals surface area contributed by atoms with Crippen molar-refractivity contribution in [2.24, 2.45) is 11.8 Å². The monoisotopic (exact) mass is 573 g/mol. The van der Waals surface area contributed by atoms with E-state index in [4.69, 9.17) is 4.74 Å². The first-order valence-electron chi connectivity index (χ1n) is 13.2. The Balaban J connectivity index is 1.36. The van der Waals surface area contributed by atoms with Gasteiger partial charge in [0.05, 0.1) is 24.5 Å². The van der Waals surface area contributed by atoms with Crippen LogP contribution in [0.1, 0.15) is 25.1 Å². The van der Waals surface area contributed by atoms with Gasteiger partial charge in [0.1, 0.15) is 22.0 Å². The summed E-state index contributed by atoms with van der Waals surface area (Å²) in [6.07, 6.45) is 2.32. The van der Waals surface area contributed by atoms with Crippen molar-refractivity contribution >= 4 is 43.2 Å². The molecule has 2 aliphatic heterocycles. The number of fused-ring (bicyclic) bond motifs is 1. The van der Waals surface area contributed by atoms with Crippen LogP contribution < -0.4 is 15.2 Å². The Kier molecular flexibility index (Phi) is 7.71. The molecule has 2 saturated heterocycles. The first-order chi connectivity index (χ1) is 18.6. The summed E-state index contributed by atoms with van der Waals surface area (Å²) in [4.78, 5) is 36.0. The average Bonchev–Trinajstić information content (AvgIpc) is 3.27. The Morgan fingerprint density at radius 1 is 1.10 bits per heavy atom. The number of ether oxygens (including phenoxy) is 1. The maximum atomic E-state index is 13.8. The molecule has 3 aromatic rings. The number of amides is 1. The lowest BCUT2D eigenvalue weighted by Gasteiger charge is -2.36. The zero-order valence-electron chi connectivity index (χ0n) is 22.8. The van der Waals surface area contributed by atoms with Gasteiger partial charge in [-0.2, -0.15) is 4.31 Å². The molecule has 0 N–H and O–H groups in total. The molecule has 4 heterocycles. The predicted molar refractivity (Wildman–Crippen MR) is 152 cm³/mol. The number of piperazine rings is 1. The van der Waals surface area contributed by atoms with E-state index in [1.807, 2.05) is 38.1 Å². The average molecular weight is 574 g/mol. The van der Waals surface area contributed by atoms with Gasteiger partial charge in [0.25, 0.3) is 5.56 Å². The first kappa shape index (κ1) is 27.6. The number of anilines is 1. The summed E-state index contributed by atoms with van der Waals surface area (Å²) in [5, 5.41) is 0.0830. The van der Waals surface area contributed by atoms with Gasteiger partial charge in [-0.15, -0.1) is 11.3 Å². The Hall–Kier alpha value is -2.96. The lowest BCUT2D eigenvalue weighted by atomic mass is 9.94. The van der Waals surface area contributed by atoms with Crippen molar-refractivity contribution in [3.05, 3.63) is 45.8 Å². The van der Waals surface area contributed by atoms with Gasteiger partial charge in [-0.25, -0.2) is 13.4 Å². The number of sulfonamides is 1. The molecule has 0 aliphatic carbocycles. The molecular weight excluding hydrogens is 538 g/mol. The minimum atomic E-state index is -3.89. The van der Waals surface area contributed by atoms with Crippen LogP contribution in [-0.2, 0) is 21.4 Å². The smallest absolute Gasteiger partial charge is 0.263 e. The summed E-state index contributed by atoms with van der Waals surface area (Å²) < 4.78 is 35.8. The summed E-state index contributed by atoms with van der Waals surface area (Å²) in [7, 11) is -2.25. The molecule has 0 spiro atoms. The molecule has 2 aliphatic rings. The summed E-state index contributed by atoms with van der Waals surface area (Å²) >= 11 is 1.20. The Bertz CT molecular complexity index is 1530. The van der Waals surface area contributed by atoms with Gasteiger partial charge in [-0.1, -0.05) is 26.0 Å². The van der Waals surface area contributed by atoms with Crippen molar-refractivity contribution in [1.82, 2.24) is 18.8 Å². The van der Waals surface area contributed by atoms with Gasteiger partial charge in [-0.05, 0) is 37.3 Å². The third-order valence-corrected chi connectivity index (χ3v) is 10.7. The Morgan fingerprint density at radius 2 is 1.77 bits per heavy atom. The van der Waals surface area contributed by atoms with E-state index in [-0.39, 0.29) is 34.6 Å². The SMILES string of the molecule is COc1ccccc1N1CCN(C(=O)Cn2cnc3sc(C)c(S(=O)(=O)N4C[C@@H](C)C[C@H](C)C4)c3c2=O)CC1. The summed E-state index contributed by atoms with van der Waals surface area (Å²) in [5.74, 6) is 1.07. The Labute approximate surface area is 232 Å². The molecule has 2 atom stereocenters. The van der Waals surface area contributed by atoms with Crippen LogP contribution in [0.25, 0.3) is 10.2 Å². The number of benzene rings is 1. The quantitative estimate of drug-likeness (QED) is 0.447. The van der Waals surface area contributed by atoms with Crippen LogP contribution in [0.5, 0.6) is 5.75 Å². The fraction of sp³-hybridized carbons (Fsp3) is 0.519. The minimum Gasteiger partial charge on any atom is -0.495 e. The molecular formula is C27H35N5O5S2. The van der Waals surface area contributed by atoms with E-state index in [1.54, 1.807) is 18.9 Å². The van der Waals surface area contributed by atoms with E-state index in [0.29, 0.717) is 49.0 Å². The molecule has 10 nitrogen and oxygen atoms in total. The van der Waals surface area contributed by atoms with Crippen LogP contribution in [-0.4, -0.2) is 79.5 Å². The topological polar surface area (TPSA) is 105 Å². The number of piperidine rings is 1. The van der Waals surface area contributed by atoms with E-state index < -0.39 is 15.6 Å². The number of para-hydroxylation sites is 2. The number of aromatic nitrogens is 2. The molecule has 0 bridgehead atoms. The first-order valence-corrected chi connectivity index (χ1v) is 15.5. The number of carbonyl (C=O) groups is 1. The number of hydrogen-bond donors (Lipinski definition) is 0. The van der Waals surface area contributed by atoms with Crippen LogP contribution in [0.2, 0.25) is 0 Å². The number of hydrogen-bond acceptors (Lipinski definition) is 8. The van der Waals surface area contributed by atoms with Crippen LogP contribution in [0.3, 0.4) is 0 Å². The second-order valence-electron chi connectivity index (χ2n) is 10.7. The fourth-order valence-electron chi connectivity index (χ4n) is 5.80. The zero-order valence-corrected chi connectivity index (χ0v) is 24.4. The number of nitrogens with zero attached hydrogens (tertiary/aromatic N) is 5. The molecule has 12 heteroatoms. The normalized spacial score (nSPS) is 20.9. The van der Waals surface area contributed by atoms with Crippen LogP contribution >= 0.6 is 11.3 Å². The van der Waals surface area contributed by atoms with Crippen molar-refractivity contribution in [2.45, 2.75) is 38.6 Å². The second-order valence-corrected chi connectivity index (χ2v) is 13.7. The lowest BCUT2D eigenvalue weighted by molar-refractivity contribution is -0.132. The minimum absolute atomic E-state index is 0.0357. The second kappa shape index (κ2) is 10.9. The molecule has 1 amide bonds. The molecule has 0 unspecified atom stereocenters.